The maximum absolute atomic E-state index is 4.57. The minimum atomic E-state index is 0.842. The van der Waals surface area contributed by atoms with Crippen LogP contribution in [0, 0.1) is 13.8 Å². The number of hydrogen-bond acceptors (Lipinski definition) is 5. The predicted molar refractivity (Wildman–Crippen MR) is 81.3 cm³/mol. The van der Waals surface area contributed by atoms with E-state index in [9.17, 15) is 0 Å². The predicted octanol–water partition coefficient (Wildman–Crippen LogP) is 3.16. The highest BCUT2D eigenvalue weighted by Gasteiger charge is 2.10. The van der Waals surface area contributed by atoms with Gasteiger partial charge in [-0.2, -0.15) is 0 Å². The van der Waals surface area contributed by atoms with Crippen molar-refractivity contribution in [1.82, 2.24) is 19.9 Å². The van der Waals surface area contributed by atoms with Crippen molar-refractivity contribution in [3.05, 3.63) is 35.7 Å². The van der Waals surface area contributed by atoms with Gasteiger partial charge in [0.1, 0.15) is 17.2 Å². The number of fused-ring (bicyclic) bond motifs is 1. The molecule has 0 atom stereocenters. The van der Waals surface area contributed by atoms with Gasteiger partial charge in [0.2, 0.25) is 0 Å². The van der Waals surface area contributed by atoms with Crippen LogP contribution in [-0.2, 0) is 0 Å². The minimum absolute atomic E-state index is 0.842. The topological polar surface area (TPSA) is 66.5 Å². The average molecular weight is 285 g/mol. The second-order valence-corrected chi connectivity index (χ2v) is 5.54. The molecule has 2 aromatic heterocycles. The third kappa shape index (κ3) is 2.34. The van der Waals surface area contributed by atoms with Crippen LogP contribution in [0.15, 0.2) is 34.7 Å². The van der Waals surface area contributed by atoms with Crippen LogP contribution in [0.4, 0.5) is 5.82 Å². The van der Waals surface area contributed by atoms with Gasteiger partial charge < -0.3 is 10.3 Å². The monoisotopic (exact) mass is 285 g/mol. The fraction of sp³-hybridized carbons (Fsp3) is 0.214. The molecule has 3 aromatic rings. The molecule has 0 aliphatic heterocycles. The number of aromatic nitrogens is 4. The maximum Gasteiger partial charge on any atom is 0.172 e. The zero-order valence-corrected chi connectivity index (χ0v) is 12.4. The molecule has 2 N–H and O–H groups in total. The Labute approximate surface area is 121 Å². The first-order valence-electron chi connectivity index (χ1n) is 6.31. The Bertz CT molecular complexity index is 765. The Morgan fingerprint density at radius 3 is 2.85 bits per heavy atom. The Morgan fingerprint density at radius 1 is 1.20 bits per heavy atom. The van der Waals surface area contributed by atoms with E-state index >= 15 is 0 Å². The van der Waals surface area contributed by atoms with E-state index in [1.54, 1.807) is 6.33 Å². The van der Waals surface area contributed by atoms with E-state index in [0.717, 1.165) is 32.6 Å². The molecule has 0 fully saturated rings. The van der Waals surface area contributed by atoms with Gasteiger partial charge in [0.25, 0.3) is 0 Å². The fourth-order valence-corrected chi connectivity index (χ4v) is 2.87. The molecule has 5 nitrogen and oxygen atoms in total. The van der Waals surface area contributed by atoms with Crippen molar-refractivity contribution in [2.45, 2.75) is 24.0 Å². The molecule has 0 amide bonds. The van der Waals surface area contributed by atoms with Crippen molar-refractivity contribution >= 4 is 28.6 Å². The number of nitrogens with one attached hydrogen (secondary N) is 2. The van der Waals surface area contributed by atoms with E-state index < -0.39 is 0 Å². The normalized spacial score (nSPS) is 10.9. The van der Waals surface area contributed by atoms with Crippen LogP contribution in [0.3, 0.4) is 0 Å². The van der Waals surface area contributed by atoms with E-state index in [0.29, 0.717) is 0 Å². The molecular weight excluding hydrogens is 270 g/mol. The van der Waals surface area contributed by atoms with Crippen molar-refractivity contribution in [3.8, 4) is 0 Å². The van der Waals surface area contributed by atoms with Crippen molar-refractivity contribution < 1.29 is 0 Å². The second-order valence-electron chi connectivity index (χ2n) is 4.57. The van der Waals surface area contributed by atoms with E-state index in [2.05, 4.69) is 44.3 Å². The van der Waals surface area contributed by atoms with Gasteiger partial charge in [-0.3, -0.25) is 0 Å². The van der Waals surface area contributed by atoms with Gasteiger partial charge in [-0.05, 0) is 43.3 Å². The third-order valence-corrected chi connectivity index (χ3v) is 4.08. The van der Waals surface area contributed by atoms with E-state index in [1.165, 1.54) is 17.3 Å². The standard InChI is InChI=1S/C14H15N5S/c1-8-4-5-10-11(6-8)19-14(18-10)20-13-9(2)12(15-3)16-7-17-13/h4-7H,1-3H3,(H,18,19)(H,15,16,17). The molecule has 0 spiro atoms. The summed E-state index contributed by atoms with van der Waals surface area (Å²) in [5.41, 5.74) is 4.26. The Hall–Kier alpha value is -2.08. The van der Waals surface area contributed by atoms with Crippen LogP contribution in [0.1, 0.15) is 11.1 Å². The lowest BCUT2D eigenvalue weighted by atomic mass is 10.2. The summed E-state index contributed by atoms with van der Waals surface area (Å²) in [5.74, 6) is 0.842. The Kier molecular flexibility index (Phi) is 3.31. The number of anilines is 1. The van der Waals surface area contributed by atoms with Gasteiger partial charge in [-0.25, -0.2) is 15.0 Å². The van der Waals surface area contributed by atoms with E-state index in [4.69, 9.17) is 0 Å². The summed E-state index contributed by atoms with van der Waals surface area (Å²) in [6, 6.07) is 6.18. The first-order valence-corrected chi connectivity index (χ1v) is 7.12. The minimum Gasteiger partial charge on any atom is -0.373 e. The smallest absolute Gasteiger partial charge is 0.172 e. The first-order chi connectivity index (χ1) is 9.67. The molecule has 102 valence electrons. The van der Waals surface area contributed by atoms with Gasteiger partial charge in [0.15, 0.2) is 5.16 Å². The average Bonchev–Trinajstić information content (AvgIpc) is 2.82. The third-order valence-electron chi connectivity index (χ3n) is 3.08. The molecule has 2 heterocycles. The van der Waals surface area contributed by atoms with Crippen LogP contribution in [0.2, 0.25) is 0 Å². The molecule has 0 saturated carbocycles. The summed E-state index contributed by atoms with van der Waals surface area (Å²) in [5, 5.41) is 4.81. The summed E-state index contributed by atoms with van der Waals surface area (Å²) in [6.45, 7) is 4.07. The van der Waals surface area contributed by atoms with Gasteiger partial charge in [0.05, 0.1) is 11.0 Å². The van der Waals surface area contributed by atoms with E-state index in [1.807, 2.05) is 20.0 Å². The molecule has 3 rings (SSSR count). The molecule has 6 heteroatoms. The Balaban J connectivity index is 1.97. The number of hydrogen-bond donors (Lipinski definition) is 2. The SMILES string of the molecule is CNc1ncnc(Sc2nc3ccc(C)cc3[nH]2)c1C. The number of benzene rings is 1. The molecule has 0 saturated heterocycles. The van der Waals surface area contributed by atoms with Crippen LogP contribution in [0.5, 0.6) is 0 Å². The van der Waals surface area contributed by atoms with Crippen LogP contribution in [0.25, 0.3) is 11.0 Å². The van der Waals surface area contributed by atoms with Crippen LogP contribution < -0.4 is 5.32 Å². The summed E-state index contributed by atoms with van der Waals surface area (Å²) in [6.07, 6.45) is 1.56. The highest BCUT2D eigenvalue weighted by molar-refractivity contribution is 7.99. The lowest BCUT2D eigenvalue weighted by Crippen LogP contribution is -1.98. The molecular formula is C14H15N5S. The summed E-state index contributed by atoms with van der Waals surface area (Å²) in [7, 11) is 1.85. The number of aryl methyl sites for hydroxylation is 1. The summed E-state index contributed by atoms with van der Waals surface area (Å²) < 4.78 is 0. The molecule has 0 bridgehead atoms. The second kappa shape index (κ2) is 5.13. The van der Waals surface area contributed by atoms with Gasteiger partial charge >= 0.3 is 0 Å². The van der Waals surface area contributed by atoms with Gasteiger partial charge in [0, 0.05) is 12.6 Å². The zero-order valence-electron chi connectivity index (χ0n) is 11.6. The number of aromatic amines is 1. The number of rotatable bonds is 3. The number of imidazole rings is 1. The molecule has 0 aliphatic rings. The van der Waals surface area contributed by atoms with E-state index in [-0.39, 0.29) is 0 Å². The molecule has 0 aliphatic carbocycles. The lowest BCUT2D eigenvalue weighted by Gasteiger charge is -2.06. The van der Waals surface area contributed by atoms with Crippen molar-refractivity contribution in [2.24, 2.45) is 0 Å². The summed E-state index contributed by atoms with van der Waals surface area (Å²) in [4.78, 5) is 16.4. The molecule has 1 aromatic carbocycles. The van der Waals surface area contributed by atoms with Gasteiger partial charge in [-0.15, -0.1) is 0 Å². The Morgan fingerprint density at radius 2 is 2.05 bits per heavy atom. The quantitative estimate of drug-likeness (QED) is 0.724. The van der Waals surface area contributed by atoms with Gasteiger partial charge in [-0.1, -0.05) is 6.07 Å². The van der Waals surface area contributed by atoms with Crippen molar-refractivity contribution in [3.63, 3.8) is 0 Å². The number of H-pyrrole nitrogens is 1. The first kappa shape index (κ1) is 12.9. The highest BCUT2D eigenvalue weighted by atomic mass is 32.2. The zero-order chi connectivity index (χ0) is 14.1. The lowest BCUT2D eigenvalue weighted by molar-refractivity contribution is 0.990. The summed E-state index contributed by atoms with van der Waals surface area (Å²) >= 11 is 1.52. The molecule has 20 heavy (non-hydrogen) atoms. The molecule has 0 radical (unpaired) electrons. The number of nitrogens with zero attached hydrogens (tertiary/aromatic N) is 3. The van der Waals surface area contributed by atoms with Crippen LogP contribution in [-0.4, -0.2) is 27.0 Å². The largest absolute Gasteiger partial charge is 0.373 e. The fourth-order valence-electron chi connectivity index (χ4n) is 2.03. The van der Waals surface area contributed by atoms with Crippen molar-refractivity contribution in [1.29, 1.82) is 0 Å². The van der Waals surface area contributed by atoms with Crippen LogP contribution >= 0.6 is 11.8 Å². The van der Waals surface area contributed by atoms with Crippen molar-refractivity contribution in [2.75, 3.05) is 12.4 Å². The highest BCUT2D eigenvalue weighted by Crippen LogP contribution is 2.30. The molecule has 0 unspecified atom stereocenters. The maximum atomic E-state index is 4.57.